The maximum Gasteiger partial charge on any atom is 0.253 e. The Morgan fingerprint density at radius 2 is 1.75 bits per heavy atom. The summed E-state index contributed by atoms with van der Waals surface area (Å²) in [7, 11) is 0. The van der Waals surface area contributed by atoms with Gasteiger partial charge in [0.2, 0.25) is 11.9 Å². The number of hydrazine groups is 1. The van der Waals surface area contributed by atoms with E-state index >= 15 is 0 Å². The summed E-state index contributed by atoms with van der Waals surface area (Å²) in [4.78, 5) is 34.0. The van der Waals surface area contributed by atoms with E-state index in [0.29, 0.717) is 11.6 Å². The van der Waals surface area contributed by atoms with Crippen LogP contribution in [0.1, 0.15) is 17.8 Å². The fraction of sp³-hybridized carbons (Fsp3) is 0.250. The van der Waals surface area contributed by atoms with E-state index < -0.39 is 17.8 Å². The van der Waals surface area contributed by atoms with E-state index in [2.05, 4.69) is 20.8 Å². The monoisotopic (exact) mass is 329 g/mol. The van der Waals surface area contributed by atoms with Crippen molar-refractivity contribution in [1.29, 1.82) is 0 Å². The number of rotatable bonds is 4. The molecule has 8 heteroatoms. The van der Waals surface area contributed by atoms with Gasteiger partial charge in [0.15, 0.2) is 0 Å². The van der Waals surface area contributed by atoms with Gasteiger partial charge in [-0.2, -0.15) is 0 Å². The van der Waals surface area contributed by atoms with Gasteiger partial charge >= 0.3 is 0 Å². The molecule has 124 valence electrons. The average Bonchev–Trinajstić information content (AvgIpc) is 2.80. The molecule has 0 saturated carbocycles. The van der Waals surface area contributed by atoms with Crippen molar-refractivity contribution in [1.82, 2.24) is 15.4 Å². The standard InChI is InChI=1S/C16H16FN5O2/c1-9-7-10(2)19-16(18-9)21-20-13-8-14(23)22(15(13)24)12-5-3-11(17)4-6-12/h3-7,13,20H,8H2,1-2H3,(H,18,19,21)/t13-/m1/s1. The Morgan fingerprint density at radius 1 is 1.12 bits per heavy atom. The third-order valence-electron chi connectivity index (χ3n) is 3.57. The number of amides is 2. The number of carbonyl (C=O) groups is 2. The van der Waals surface area contributed by atoms with Gasteiger partial charge in [-0.3, -0.25) is 15.0 Å². The van der Waals surface area contributed by atoms with E-state index in [1.807, 2.05) is 19.9 Å². The highest BCUT2D eigenvalue weighted by Crippen LogP contribution is 2.23. The minimum atomic E-state index is -0.744. The van der Waals surface area contributed by atoms with Crippen LogP contribution in [0, 0.1) is 19.7 Å². The number of nitrogens with zero attached hydrogens (tertiary/aromatic N) is 3. The Hall–Kier alpha value is -2.87. The molecule has 0 aliphatic carbocycles. The zero-order chi connectivity index (χ0) is 17.3. The van der Waals surface area contributed by atoms with E-state index in [9.17, 15) is 14.0 Å². The van der Waals surface area contributed by atoms with E-state index in [1.165, 1.54) is 24.3 Å². The molecule has 0 unspecified atom stereocenters. The second-order valence-corrected chi connectivity index (χ2v) is 5.54. The van der Waals surface area contributed by atoms with Crippen LogP contribution in [0.2, 0.25) is 0 Å². The molecule has 2 N–H and O–H groups in total. The van der Waals surface area contributed by atoms with Crippen molar-refractivity contribution >= 4 is 23.5 Å². The normalized spacial score (nSPS) is 17.5. The Morgan fingerprint density at radius 3 is 2.38 bits per heavy atom. The van der Waals surface area contributed by atoms with Crippen molar-refractivity contribution in [2.75, 3.05) is 10.3 Å². The smallest absolute Gasteiger partial charge is 0.253 e. The zero-order valence-corrected chi connectivity index (χ0v) is 13.2. The molecule has 2 amide bonds. The molecule has 0 bridgehead atoms. The first kappa shape index (κ1) is 16.0. The predicted octanol–water partition coefficient (Wildman–Crippen LogP) is 1.48. The highest BCUT2D eigenvalue weighted by molar-refractivity contribution is 6.22. The third-order valence-corrected chi connectivity index (χ3v) is 3.57. The molecule has 3 rings (SSSR count). The maximum atomic E-state index is 13.0. The van der Waals surface area contributed by atoms with Crippen molar-refractivity contribution in [2.45, 2.75) is 26.3 Å². The molecule has 1 aliphatic heterocycles. The minimum Gasteiger partial charge on any atom is -0.289 e. The number of hydrogen-bond donors (Lipinski definition) is 2. The molecule has 1 aromatic carbocycles. The molecule has 1 fully saturated rings. The zero-order valence-electron chi connectivity index (χ0n) is 13.2. The lowest BCUT2D eigenvalue weighted by Crippen LogP contribution is -2.41. The minimum absolute atomic E-state index is 0.00594. The molecule has 2 aromatic rings. The molecular weight excluding hydrogens is 313 g/mol. The highest BCUT2D eigenvalue weighted by atomic mass is 19.1. The number of aromatic nitrogens is 2. The summed E-state index contributed by atoms with van der Waals surface area (Å²) < 4.78 is 13.0. The SMILES string of the molecule is Cc1cc(C)nc(NN[C@@H]2CC(=O)N(c3ccc(F)cc3)C2=O)n1. The first-order valence-electron chi connectivity index (χ1n) is 7.40. The van der Waals surface area contributed by atoms with Gasteiger partial charge in [0.05, 0.1) is 12.1 Å². The largest absolute Gasteiger partial charge is 0.289 e. The average molecular weight is 329 g/mol. The van der Waals surface area contributed by atoms with Crippen molar-refractivity contribution in [2.24, 2.45) is 0 Å². The molecule has 2 heterocycles. The topological polar surface area (TPSA) is 87.2 Å². The lowest BCUT2D eigenvalue weighted by Gasteiger charge is -2.16. The van der Waals surface area contributed by atoms with Crippen LogP contribution < -0.4 is 15.8 Å². The Kier molecular flexibility index (Phi) is 4.22. The van der Waals surface area contributed by atoms with Gasteiger partial charge in [0, 0.05) is 11.4 Å². The summed E-state index contributed by atoms with van der Waals surface area (Å²) in [6.07, 6.45) is -0.00594. The molecule has 7 nitrogen and oxygen atoms in total. The lowest BCUT2D eigenvalue weighted by atomic mass is 10.2. The van der Waals surface area contributed by atoms with Crippen molar-refractivity contribution in [3.8, 4) is 0 Å². The van der Waals surface area contributed by atoms with Crippen LogP contribution in [-0.4, -0.2) is 27.8 Å². The van der Waals surface area contributed by atoms with Crippen LogP contribution in [-0.2, 0) is 9.59 Å². The number of benzene rings is 1. The fourth-order valence-electron chi connectivity index (χ4n) is 2.54. The van der Waals surface area contributed by atoms with E-state index in [-0.39, 0.29) is 12.3 Å². The second-order valence-electron chi connectivity index (χ2n) is 5.54. The number of halogens is 1. The molecule has 0 radical (unpaired) electrons. The lowest BCUT2D eigenvalue weighted by molar-refractivity contribution is -0.121. The van der Waals surface area contributed by atoms with Gasteiger partial charge in [0.1, 0.15) is 11.9 Å². The van der Waals surface area contributed by atoms with Gasteiger partial charge in [-0.1, -0.05) is 0 Å². The molecule has 0 spiro atoms. The Bertz CT molecular complexity index is 773. The first-order chi connectivity index (χ1) is 11.4. The van der Waals surface area contributed by atoms with E-state index in [4.69, 9.17) is 0 Å². The molecule has 1 aliphatic rings. The summed E-state index contributed by atoms with van der Waals surface area (Å²) in [5, 5.41) is 0. The van der Waals surface area contributed by atoms with E-state index in [0.717, 1.165) is 16.3 Å². The summed E-state index contributed by atoms with van der Waals surface area (Å²) in [5.41, 5.74) is 7.47. The van der Waals surface area contributed by atoms with Gasteiger partial charge < -0.3 is 0 Å². The molecule has 1 aromatic heterocycles. The number of nitrogens with one attached hydrogen (secondary N) is 2. The number of hydrogen-bond acceptors (Lipinski definition) is 6. The van der Waals surface area contributed by atoms with Crippen molar-refractivity contribution < 1.29 is 14.0 Å². The summed E-state index contributed by atoms with van der Waals surface area (Å²) in [6, 6.07) is 6.29. The summed E-state index contributed by atoms with van der Waals surface area (Å²) in [6.45, 7) is 3.67. The number of carbonyl (C=O) groups excluding carboxylic acids is 2. The van der Waals surface area contributed by atoms with Crippen LogP contribution in [0.4, 0.5) is 16.0 Å². The van der Waals surface area contributed by atoms with Crippen LogP contribution in [0.15, 0.2) is 30.3 Å². The quantitative estimate of drug-likeness (QED) is 0.653. The first-order valence-corrected chi connectivity index (χ1v) is 7.40. The highest BCUT2D eigenvalue weighted by Gasteiger charge is 2.39. The van der Waals surface area contributed by atoms with Crippen LogP contribution in [0.25, 0.3) is 0 Å². The molecular formula is C16H16FN5O2. The summed E-state index contributed by atoms with van der Waals surface area (Å²) >= 11 is 0. The van der Waals surface area contributed by atoms with Gasteiger partial charge in [0.25, 0.3) is 5.91 Å². The molecule has 24 heavy (non-hydrogen) atoms. The van der Waals surface area contributed by atoms with Gasteiger partial charge in [-0.05, 0) is 44.2 Å². The van der Waals surface area contributed by atoms with E-state index in [1.54, 1.807) is 0 Å². The van der Waals surface area contributed by atoms with Crippen molar-refractivity contribution in [3.05, 3.63) is 47.5 Å². The molecule has 1 saturated heterocycles. The van der Waals surface area contributed by atoms with Crippen LogP contribution in [0.3, 0.4) is 0 Å². The molecule has 1 atom stereocenters. The number of aryl methyl sites for hydroxylation is 2. The van der Waals surface area contributed by atoms with Gasteiger partial charge in [-0.15, -0.1) is 0 Å². The van der Waals surface area contributed by atoms with Gasteiger partial charge in [-0.25, -0.2) is 24.7 Å². The third kappa shape index (κ3) is 3.23. The fourth-order valence-corrected chi connectivity index (χ4v) is 2.54. The second kappa shape index (κ2) is 6.32. The summed E-state index contributed by atoms with van der Waals surface area (Å²) in [5.74, 6) is -0.870. The number of anilines is 2. The Labute approximate surface area is 137 Å². The maximum absolute atomic E-state index is 13.0. The van der Waals surface area contributed by atoms with Crippen molar-refractivity contribution in [3.63, 3.8) is 0 Å². The Balaban J connectivity index is 1.71. The number of imide groups is 1. The van der Waals surface area contributed by atoms with Crippen LogP contribution in [0.5, 0.6) is 0 Å². The van der Waals surface area contributed by atoms with Crippen LogP contribution >= 0.6 is 0 Å². The predicted molar refractivity (Wildman–Crippen MR) is 85.6 cm³/mol.